The monoisotopic (exact) mass is 346 g/mol. The lowest BCUT2D eigenvalue weighted by Crippen LogP contribution is -2.47. The number of likely N-dealkylation sites (N-methyl/N-ethyl adjacent to an activating group) is 1. The fourth-order valence-electron chi connectivity index (χ4n) is 2.17. The van der Waals surface area contributed by atoms with Crippen molar-refractivity contribution in [2.24, 2.45) is 0 Å². The maximum Gasteiger partial charge on any atom is 0.170 e. The smallest absolute Gasteiger partial charge is 0.170 e. The molecule has 1 aliphatic heterocycles. The highest BCUT2D eigenvalue weighted by Crippen LogP contribution is 2.29. The van der Waals surface area contributed by atoms with Crippen molar-refractivity contribution in [3.8, 4) is 0 Å². The number of nitrogens with one attached hydrogen (secondary N) is 2. The average molecular weight is 347 g/mol. The van der Waals surface area contributed by atoms with Gasteiger partial charge in [-0.3, -0.25) is 4.90 Å². The Balaban J connectivity index is 1.73. The number of halogens is 2. The van der Waals surface area contributed by atoms with Crippen LogP contribution in [-0.4, -0.2) is 61.2 Å². The van der Waals surface area contributed by atoms with E-state index in [4.69, 9.17) is 35.4 Å². The Hall–Kier alpha value is -0.590. The van der Waals surface area contributed by atoms with Gasteiger partial charge in [-0.15, -0.1) is 0 Å². The van der Waals surface area contributed by atoms with E-state index in [9.17, 15) is 0 Å². The van der Waals surface area contributed by atoms with Crippen LogP contribution in [0, 0.1) is 0 Å². The van der Waals surface area contributed by atoms with Crippen LogP contribution < -0.4 is 10.6 Å². The predicted octanol–water partition coefficient (Wildman–Crippen LogP) is 2.53. The van der Waals surface area contributed by atoms with E-state index in [1.54, 1.807) is 18.2 Å². The van der Waals surface area contributed by atoms with Gasteiger partial charge in [-0.25, -0.2) is 0 Å². The SMILES string of the molecule is CN1CCN(CCNC(=S)Nc2c(Cl)cccc2Cl)CC1. The molecule has 0 atom stereocenters. The molecule has 0 saturated carbocycles. The number of benzene rings is 1. The summed E-state index contributed by atoms with van der Waals surface area (Å²) >= 11 is 17.5. The maximum absolute atomic E-state index is 6.10. The molecule has 1 aromatic rings. The molecule has 0 radical (unpaired) electrons. The maximum atomic E-state index is 6.10. The summed E-state index contributed by atoms with van der Waals surface area (Å²) in [6, 6.07) is 5.37. The van der Waals surface area contributed by atoms with Gasteiger partial charge >= 0.3 is 0 Å². The van der Waals surface area contributed by atoms with E-state index >= 15 is 0 Å². The summed E-state index contributed by atoms with van der Waals surface area (Å²) in [6.07, 6.45) is 0. The topological polar surface area (TPSA) is 30.5 Å². The number of anilines is 1. The highest BCUT2D eigenvalue weighted by molar-refractivity contribution is 7.80. The molecule has 1 aliphatic rings. The molecule has 0 bridgehead atoms. The van der Waals surface area contributed by atoms with Gasteiger partial charge in [-0.05, 0) is 31.4 Å². The lowest BCUT2D eigenvalue weighted by molar-refractivity contribution is 0.156. The molecule has 1 fully saturated rings. The quantitative estimate of drug-likeness (QED) is 0.818. The molecular formula is C14H20Cl2N4S. The Bertz CT molecular complexity index is 470. The van der Waals surface area contributed by atoms with E-state index in [1.165, 1.54) is 0 Å². The van der Waals surface area contributed by atoms with Crippen LogP contribution in [0.2, 0.25) is 10.0 Å². The first-order chi connectivity index (χ1) is 10.1. The van der Waals surface area contributed by atoms with E-state index in [2.05, 4.69) is 27.5 Å². The van der Waals surface area contributed by atoms with Crippen molar-refractivity contribution in [2.45, 2.75) is 0 Å². The second-order valence-corrected chi connectivity index (χ2v) is 6.35. The third kappa shape index (κ3) is 5.27. The third-order valence-corrected chi connectivity index (χ3v) is 4.39. The molecule has 0 aromatic heterocycles. The van der Waals surface area contributed by atoms with Gasteiger partial charge in [-0.2, -0.15) is 0 Å². The van der Waals surface area contributed by atoms with E-state index in [0.717, 1.165) is 39.3 Å². The highest BCUT2D eigenvalue weighted by atomic mass is 35.5. The molecule has 7 heteroatoms. The zero-order valence-corrected chi connectivity index (χ0v) is 14.4. The number of nitrogens with zero attached hydrogens (tertiary/aromatic N) is 2. The second-order valence-electron chi connectivity index (χ2n) is 5.12. The standard InChI is InChI=1S/C14H20Cl2N4S/c1-19-7-9-20(10-8-19)6-5-17-14(21)18-13-11(15)3-2-4-12(13)16/h2-4H,5-10H2,1H3,(H2,17,18,21). The van der Waals surface area contributed by atoms with Gasteiger partial charge < -0.3 is 15.5 Å². The first-order valence-electron chi connectivity index (χ1n) is 6.96. The minimum absolute atomic E-state index is 0.541. The third-order valence-electron chi connectivity index (χ3n) is 3.51. The van der Waals surface area contributed by atoms with Crippen LogP contribution in [0.25, 0.3) is 0 Å². The molecule has 0 aliphatic carbocycles. The number of hydrogen-bond acceptors (Lipinski definition) is 3. The van der Waals surface area contributed by atoms with Gasteiger partial charge in [-0.1, -0.05) is 29.3 Å². The van der Waals surface area contributed by atoms with Gasteiger partial charge in [0.1, 0.15) is 0 Å². The lowest BCUT2D eigenvalue weighted by Gasteiger charge is -2.32. The van der Waals surface area contributed by atoms with Crippen LogP contribution >= 0.6 is 35.4 Å². The lowest BCUT2D eigenvalue weighted by atomic mass is 10.3. The van der Waals surface area contributed by atoms with Crippen molar-refractivity contribution in [2.75, 3.05) is 51.6 Å². The van der Waals surface area contributed by atoms with Crippen LogP contribution in [0.5, 0.6) is 0 Å². The summed E-state index contributed by atoms with van der Waals surface area (Å²) in [6.45, 7) is 6.24. The van der Waals surface area contributed by atoms with E-state index in [1.807, 2.05) is 0 Å². The Morgan fingerprint density at radius 1 is 1.19 bits per heavy atom. The Labute approximate surface area is 141 Å². The molecular weight excluding hydrogens is 327 g/mol. The number of para-hydroxylation sites is 1. The van der Waals surface area contributed by atoms with Gasteiger partial charge in [0.2, 0.25) is 0 Å². The van der Waals surface area contributed by atoms with Crippen molar-refractivity contribution in [1.82, 2.24) is 15.1 Å². The molecule has 1 heterocycles. The molecule has 1 aromatic carbocycles. The van der Waals surface area contributed by atoms with Gasteiger partial charge in [0.15, 0.2) is 5.11 Å². The zero-order valence-electron chi connectivity index (χ0n) is 12.0. The fourth-order valence-corrected chi connectivity index (χ4v) is 2.87. The second kappa shape index (κ2) is 8.15. The molecule has 0 amide bonds. The van der Waals surface area contributed by atoms with Crippen molar-refractivity contribution < 1.29 is 0 Å². The van der Waals surface area contributed by atoms with Crippen LogP contribution in [0.15, 0.2) is 18.2 Å². The minimum atomic E-state index is 0.541. The Morgan fingerprint density at radius 2 is 1.81 bits per heavy atom. The first kappa shape index (κ1) is 16.8. The molecule has 21 heavy (non-hydrogen) atoms. The van der Waals surface area contributed by atoms with Crippen molar-refractivity contribution in [3.05, 3.63) is 28.2 Å². The molecule has 2 N–H and O–H groups in total. The van der Waals surface area contributed by atoms with Gasteiger partial charge in [0, 0.05) is 39.3 Å². The largest absolute Gasteiger partial charge is 0.361 e. The van der Waals surface area contributed by atoms with Crippen LogP contribution in [0.3, 0.4) is 0 Å². The Kier molecular flexibility index (Phi) is 6.51. The first-order valence-corrected chi connectivity index (χ1v) is 8.12. The van der Waals surface area contributed by atoms with Crippen LogP contribution in [0.4, 0.5) is 5.69 Å². The zero-order chi connectivity index (χ0) is 15.2. The average Bonchev–Trinajstić information content (AvgIpc) is 2.45. The molecule has 4 nitrogen and oxygen atoms in total. The van der Waals surface area contributed by atoms with Gasteiger partial charge in [0.05, 0.1) is 15.7 Å². The van der Waals surface area contributed by atoms with Crippen molar-refractivity contribution >= 4 is 46.2 Å². The predicted molar refractivity (Wildman–Crippen MR) is 94.6 cm³/mol. The van der Waals surface area contributed by atoms with Crippen LogP contribution in [0.1, 0.15) is 0 Å². The molecule has 1 saturated heterocycles. The van der Waals surface area contributed by atoms with Crippen molar-refractivity contribution in [3.63, 3.8) is 0 Å². The summed E-state index contributed by atoms with van der Waals surface area (Å²) in [7, 11) is 2.15. The summed E-state index contributed by atoms with van der Waals surface area (Å²) in [5, 5.41) is 7.91. The Morgan fingerprint density at radius 3 is 2.43 bits per heavy atom. The van der Waals surface area contributed by atoms with Crippen molar-refractivity contribution in [1.29, 1.82) is 0 Å². The number of rotatable bonds is 4. The number of hydrogen-bond donors (Lipinski definition) is 2. The molecule has 0 spiro atoms. The van der Waals surface area contributed by atoms with E-state index < -0.39 is 0 Å². The van der Waals surface area contributed by atoms with Gasteiger partial charge in [0.25, 0.3) is 0 Å². The minimum Gasteiger partial charge on any atom is -0.361 e. The number of piperazine rings is 1. The molecule has 116 valence electrons. The van der Waals surface area contributed by atoms with Crippen LogP contribution in [-0.2, 0) is 0 Å². The summed E-state index contributed by atoms with van der Waals surface area (Å²) in [5.74, 6) is 0. The summed E-state index contributed by atoms with van der Waals surface area (Å²) < 4.78 is 0. The normalized spacial score (nSPS) is 16.7. The number of thiocarbonyl (C=S) groups is 1. The van der Waals surface area contributed by atoms with E-state index in [-0.39, 0.29) is 0 Å². The highest BCUT2D eigenvalue weighted by Gasteiger charge is 2.13. The summed E-state index contributed by atoms with van der Waals surface area (Å²) in [4.78, 5) is 4.77. The summed E-state index contributed by atoms with van der Waals surface area (Å²) in [5.41, 5.74) is 0.651. The molecule has 0 unspecified atom stereocenters. The van der Waals surface area contributed by atoms with E-state index in [0.29, 0.717) is 20.8 Å². The fraction of sp³-hybridized carbons (Fsp3) is 0.500. The molecule has 2 rings (SSSR count).